The Balaban J connectivity index is 2.55. The second kappa shape index (κ2) is 8.56. The fraction of sp³-hybridized carbons (Fsp3) is 0.467. The molecular weight excluding hydrogens is 290 g/mol. The van der Waals surface area contributed by atoms with Crippen LogP contribution in [0.3, 0.4) is 0 Å². The monoisotopic (exact) mass is 311 g/mol. The molecule has 6 heteroatoms. The Bertz CT molecular complexity index is 475. The van der Waals surface area contributed by atoms with E-state index in [1.807, 2.05) is 31.2 Å². The predicted molar refractivity (Wildman–Crippen MR) is 82.8 cm³/mol. The molecule has 21 heavy (non-hydrogen) atoms. The van der Waals surface area contributed by atoms with Gasteiger partial charge in [-0.15, -0.1) is 11.8 Å². The molecule has 1 N–H and O–H groups in total. The molecule has 1 aromatic carbocycles. The van der Waals surface area contributed by atoms with Crippen LogP contribution in [0.1, 0.15) is 20.3 Å². The van der Waals surface area contributed by atoms with Crippen molar-refractivity contribution in [3.63, 3.8) is 0 Å². The van der Waals surface area contributed by atoms with Crippen LogP contribution in [-0.4, -0.2) is 47.3 Å². The minimum absolute atomic E-state index is 0.0349. The van der Waals surface area contributed by atoms with Crippen molar-refractivity contribution in [2.75, 3.05) is 19.4 Å². The van der Waals surface area contributed by atoms with E-state index in [9.17, 15) is 9.59 Å². The Hall–Kier alpha value is -1.69. The predicted octanol–water partition coefficient (Wildman–Crippen LogP) is 2.50. The van der Waals surface area contributed by atoms with E-state index in [1.165, 1.54) is 11.8 Å². The van der Waals surface area contributed by atoms with Gasteiger partial charge in [-0.25, -0.2) is 0 Å². The van der Waals surface area contributed by atoms with E-state index >= 15 is 0 Å². The summed E-state index contributed by atoms with van der Waals surface area (Å²) in [6.45, 7) is 4.12. The molecule has 1 amide bonds. The number of carboxylic acid groups (broad SMARTS) is 1. The van der Waals surface area contributed by atoms with Crippen LogP contribution in [0.15, 0.2) is 29.2 Å². The summed E-state index contributed by atoms with van der Waals surface area (Å²) < 4.78 is 5.08. The first-order valence-electron chi connectivity index (χ1n) is 6.76. The van der Waals surface area contributed by atoms with Gasteiger partial charge in [0.25, 0.3) is 0 Å². The number of aliphatic carboxylic acids is 1. The third kappa shape index (κ3) is 5.67. The summed E-state index contributed by atoms with van der Waals surface area (Å²) in [6, 6.07) is 7.19. The SMILES string of the molecule is CCN(C(=O)CSc1ccc(OC)cc1)C(C)CC(=O)O. The number of benzene rings is 1. The first-order valence-corrected chi connectivity index (χ1v) is 7.74. The lowest BCUT2D eigenvalue weighted by Crippen LogP contribution is -2.40. The van der Waals surface area contributed by atoms with Crippen LogP contribution in [0.4, 0.5) is 0 Å². The molecule has 0 saturated heterocycles. The van der Waals surface area contributed by atoms with Gasteiger partial charge in [-0.05, 0) is 38.1 Å². The highest BCUT2D eigenvalue weighted by molar-refractivity contribution is 8.00. The summed E-state index contributed by atoms with van der Waals surface area (Å²) in [7, 11) is 1.61. The Morgan fingerprint density at radius 3 is 2.43 bits per heavy atom. The number of amides is 1. The summed E-state index contributed by atoms with van der Waals surface area (Å²) in [6.07, 6.45) is -0.0349. The molecule has 1 aromatic rings. The normalized spacial score (nSPS) is 11.8. The van der Waals surface area contributed by atoms with Crippen molar-refractivity contribution < 1.29 is 19.4 Å². The van der Waals surface area contributed by atoms with Crippen LogP contribution in [0, 0.1) is 0 Å². The number of carbonyl (C=O) groups is 2. The number of rotatable bonds is 8. The van der Waals surface area contributed by atoms with Crippen LogP contribution < -0.4 is 4.74 Å². The van der Waals surface area contributed by atoms with E-state index in [0.29, 0.717) is 12.3 Å². The number of hydrogen-bond donors (Lipinski definition) is 1. The molecule has 0 aliphatic rings. The zero-order chi connectivity index (χ0) is 15.8. The van der Waals surface area contributed by atoms with Gasteiger partial charge >= 0.3 is 5.97 Å². The van der Waals surface area contributed by atoms with Crippen molar-refractivity contribution in [1.29, 1.82) is 0 Å². The Kier molecular flexibility index (Phi) is 7.08. The van der Waals surface area contributed by atoms with Crippen LogP contribution in [0.2, 0.25) is 0 Å². The highest BCUT2D eigenvalue weighted by Crippen LogP contribution is 2.22. The van der Waals surface area contributed by atoms with Gasteiger partial charge in [0.2, 0.25) is 5.91 Å². The number of nitrogens with zero attached hydrogens (tertiary/aromatic N) is 1. The molecule has 0 bridgehead atoms. The lowest BCUT2D eigenvalue weighted by Gasteiger charge is -2.26. The van der Waals surface area contributed by atoms with Crippen LogP contribution in [-0.2, 0) is 9.59 Å². The summed E-state index contributed by atoms with van der Waals surface area (Å²) >= 11 is 1.43. The van der Waals surface area contributed by atoms with Gasteiger partial charge in [-0.2, -0.15) is 0 Å². The fourth-order valence-electron chi connectivity index (χ4n) is 2.00. The number of hydrogen-bond acceptors (Lipinski definition) is 4. The Morgan fingerprint density at radius 2 is 1.95 bits per heavy atom. The van der Waals surface area contributed by atoms with Gasteiger partial charge in [0, 0.05) is 17.5 Å². The molecule has 1 atom stereocenters. The third-order valence-corrected chi connectivity index (χ3v) is 4.08. The summed E-state index contributed by atoms with van der Waals surface area (Å²) in [5.41, 5.74) is 0. The van der Waals surface area contributed by atoms with Crippen LogP contribution in [0.5, 0.6) is 5.75 Å². The average Bonchev–Trinajstić information content (AvgIpc) is 2.45. The van der Waals surface area contributed by atoms with Crippen LogP contribution >= 0.6 is 11.8 Å². The topological polar surface area (TPSA) is 66.8 Å². The summed E-state index contributed by atoms with van der Waals surface area (Å²) in [5.74, 6) is 0.129. The van der Waals surface area contributed by atoms with E-state index in [0.717, 1.165) is 10.6 Å². The van der Waals surface area contributed by atoms with Crippen molar-refractivity contribution in [2.45, 2.75) is 31.2 Å². The molecule has 1 rings (SSSR count). The van der Waals surface area contributed by atoms with Gasteiger partial charge in [-0.1, -0.05) is 0 Å². The lowest BCUT2D eigenvalue weighted by atomic mass is 10.2. The molecule has 1 unspecified atom stereocenters. The fourth-order valence-corrected chi connectivity index (χ4v) is 2.78. The molecule has 0 aromatic heterocycles. The molecule has 116 valence electrons. The largest absolute Gasteiger partial charge is 0.497 e. The zero-order valence-corrected chi connectivity index (χ0v) is 13.4. The summed E-state index contributed by atoms with van der Waals surface area (Å²) in [5, 5.41) is 8.81. The average molecular weight is 311 g/mol. The second-order valence-corrected chi connectivity index (χ2v) is 5.64. The van der Waals surface area contributed by atoms with Crippen molar-refractivity contribution >= 4 is 23.6 Å². The van der Waals surface area contributed by atoms with E-state index in [2.05, 4.69) is 0 Å². The van der Waals surface area contributed by atoms with E-state index in [1.54, 1.807) is 18.9 Å². The van der Waals surface area contributed by atoms with Gasteiger partial charge in [0.15, 0.2) is 0 Å². The van der Waals surface area contributed by atoms with Gasteiger partial charge in [0.1, 0.15) is 5.75 Å². The van der Waals surface area contributed by atoms with Crippen molar-refractivity contribution in [3.8, 4) is 5.75 Å². The van der Waals surface area contributed by atoms with Crippen molar-refractivity contribution in [2.24, 2.45) is 0 Å². The molecule has 0 saturated carbocycles. The lowest BCUT2D eigenvalue weighted by molar-refractivity contribution is -0.139. The smallest absolute Gasteiger partial charge is 0.305 e. The highest BCUT2D eigenvalue weighted by Gasteiger charge is 2.20. The van der Waals surface area contributed by atoms with E-state index in [-0.39, 0.29) is 18.4 Å². The van der Waals surface area contributed by atoms with Crippen molar-refractivity contribution in [3.05, 3.63) is 24.3 Å². The molecule has 0 spiro atoms. The van der Waals surface area contributed by atoms with Crippen LogP contribution in [0.25, 0.3) is 0 Å². The molecule has 0 fully saturated rings. The molecule has 0 aliphatic heterocycles. The minimum Gasteiger partial charge on any atom is -0.497 e. The quantitative estimate of drug-likeness (QED) is 0.747. The Morgan fingerprint density at radius 1 is 1.33 bits per heavy atom. The van der Waals surface area contributed by atoms with Crippen molar-refractivity contribution in [1.82, 2.24) is 4.90 Å². The zero-order valence-electron chi connectivity index (χ0n) is 12.5. The number of ether oxygens (including phenoxy) is 1. The minimum atomic E-state index is -0.892. The number of carbonyl (C=O) groups excluding carboxylic acids is 1. The maximum absolute atomic E-state index is 12.2. The van der Waals surface area contributed by atoms with E-state index in [4.69, 9.17) is 9.84 Å². The molecule has 0 aliphatic carbocycles. The maximum Gasteiger partial charge on any atom is 0.305 e. The van der Waals surface area contributed by atoms with Gasteiger partial charge in [-0.3, -0.25) is 9.59 Å². The van der Waals surface area contributed by atoms with Gasteiger partial charge in [0.05, 0.1) is 19.3 Å². The molecule has 0 heterocycles. The number of methoxy groups -OCH3 is 1. The number of carboxylic acids is 1. The van der Waals surface area contributed by atoms with Gasteiger partial charge < -0.3 is 14.7 Å². The maximum atomic E-state index is 12.2. The van der Waals surface area contributed by atoms with E-state index < -0.39 is 5.97 Å². The Labute approximate surface area is 129 Å². The highest BCUT2D eigenvalue weighted by atomic mass is 32.2. The molecular formula is C15H21NO4S. The second-order valence-electron chi connectivity index (χ2n) is 4.59. The molecule has 0 radical (unpaired) electrons. The molecule has 5 nitrogen and oxygen atoms in total. The first kappa shape index (κ1) is 17.4. The third-order valence-electron chi connectivity index (χ3n) is 3.08. The summed E-state index contributed by atoms with van der Waals surface area (Å²) in [4.78, 5) is 25.5. The first-order chi connectivity index (χ1) is 9.97. The number of thioether (sulfide) groups is 1. The standard InChI is InChI=1S/C15H21NO4S/c1-4-16(11(2)9-15(18)19)14(17)10-21-13-7-5-12(20-3)6-8-13/h5-8,11H,4,9-10H2,1-3H3,(H,18,19).